The highest BCUT2D eigenvalue weighted by Crippen LogP contribution is 2.08. The van der Waals surface area contributed by atoms with Gasteiger partial charge in [0.15, 0.2) is 0 Å². The molecule has 1 aliphatic rings. The van der Waals surface area contributed by atoms with Crippen molar-refractivity contribution in [2.24, 2.45) is 0 Å². The highest BCUT2D eigenvalue weighted by atomic mass is 16.5. The van der Waals surface area contributed by atoms with E-state index in [9.17, 15) is 0 Å². The van der Waals surface area contributed by atoms with Crippen molar-refractivity contribution >= 4 is 0 Å². The summed E-state index contributed by atoms with van der Waals surface area (Å²) in [7, 11) is 2.33. The molecular formula is C13H26NO+. The summed E-state index contributed by atoms with van der Waals surface area (Å²) in [5.74, 6) is 0. The SMILES string of the molecule is CCCCCC=CC[N+]1(C)CCOCC1. The van der Waals surface area contributed by atoms with Crippen LogP contribution in [0.4, 0.5) is 0 Å². The second-order valence-electron chi connectivity index (χ2n) is 4.83. The van der Waals surface area contributed by atoms with Gasteiger partial charge in [-0.15, -0.1) is 0 Å². The van der Waals surface area contributed by atoms with Crippen molar-refractivity contribution in [1.29, 1.82) is 0 Å². The summed E-state index contributed by atoms with van der Waals surface area (Å²) in [6.45, 7) is 7.62. The van der Waals surface area contributed by atoms with Crippen LogP contribution in [0.15, 0.2) is 12.2 Å². The van der Waals surface area contributed by atoms with E-state index < -0.39 is 0 Å². The average molecular weight is 212 g/mol. The minimum absolute atomic E-state index is 0.931. The quantitative estimate of drug-likeness (QED) is 0.373. The number of morpholine rings is 1. The minimum atomic E-state index is 0.931. The van der Waals surface area contributed by atoms with Crippen molar-refractivity contribution < 1.29 is 9.22 Å². The first-order valence-corrected chi connectivity index (χ1v) is 6.33. The molecule has 2 nitrogen and oxygen atoms in total. The number of ether oxygens (including phenoxy) is 1. The Hall–Kier alpha value is -0.340. The van der Waals surface area contributed by atoms with Crippen molar-refractivity contribution in [3.05, 3.63) is 12.2 Å². The third kappa shape index (κ3) is 5.33. The van der Waals surface area contributed by atoms with E-state index in [-0.39, 0.29) is 0 Å². The average Bonchev–Trinajstić information content (AvgIpc) is 2.24. The van der Waals surface area contributed by atoms with Crippen LogP contribution in [0.5, 0.6) is 0 Å². The Morgan fingerprint density at radius 1 is 1.13 bits per heavy atom. The van der Waals surface area contributed by atoms with E-state index in [1.54, 1.807) is 0 Å². The van der Waals surface area contributed by atoms with Gasteiger partial charge in [0.1, 0.15) is 13.1 Å². The van der Waals surface area contributed by atoms with Crippen LogP contribution in [0.3, 0.4) is 0 Å². The second kappa shape index (κ2) is 7.02. The standard InChI is InChI=1S/C13H26NO/c1-3-4-5-6-7-8-9-14(2)10-12-15-13-11-14/h7-8H,3-6,9-13H2,1-2H3/q+1. The molecule has 0 spiro atoms. The van der Waals surface area contributed by atoms with E-state index in [0.717, 1.165) is 17.7 Å². The van der Waals surface area contributed by atoms with Gasteiger partial charge in [-0.3, -0.25) is 0 Å². The van der Waals surface area contributed by atoms with Crippen molar-refractivity contribution in [1.82, 2.24) is 0 Å². The summed E-state index contributed by atoms with van der Waals surface area (Å²) in [6.07, 6.45) is 10.0. The van der Waals surface area contributed by atoms with E-state index in [1.807, 2.05) is 0 Å². The molecule has 0 amide bonds. The molecule has 0 aromatic heterocycles. The van der Waals surface area contributed by atoms with Gasteiger partial charge in [0.05, 0.1) is 26.8 Å². The number of quaternary nitrogens is 1. The number of unbranched alkanes of at least 4 members (excludes halogenated alkanes) is 3. The molecule has 15 heavy (non-hydrogen) atoms. The topological polar surface area (TPSA) is 9.23 Å². The zero-order valence-electron chi connectivity index (χ0n) is 10.4. The molecule has 2 heteroatoms. The molecule has 1 aliphatic heterocycles. The van der Waals surface area contributed by atoms with Crippen LogP contribution in [0.2, 0.25) is 0 Å². The van der Waals surface area contributed by atoms with Gasteiger partial charge in [-0.1, -0.05) is 25.8 Å². The van der Waals surface area contributed by atoms with Gasteiger partial charge in [-0.05, 0) is 18.9 Å². The molecule has 0 unspecified atom stereocenters. The first kappa shape index (κ1) is 12.7. The fourth-order valence-corrected chi connectivity index (χ4v) is 1.93. The molecule has 0 atom stereocenters. The summed E-state index contributed by atoms with van der Waals surface area (Å²) in [5, 5.41) is 0. The van der Waals surface area contributed by atoms with E-state index in [1.165, 1.54) is 45.3 Å². The Balaban J connectivity index is 2.11. The predicted octanol–water partition coefficient (Wildman–Crippen LogP) is 2.60. The first-order valence-electron chi connectivity index (χ1n) is 6.33. The Morgan fingerprint density at radius 2 is 1.87 bits per heavy atom. The fourth-order valence-electron chi connectivity index (χ4n) is 1.93. The zero-order chi connectivity index (χ0) is 11.0. The van der Waals surface area contributed by atoms with Crippen LogP contribution >= 0.6 is 0 Å². The lowest BCUT2D eigenvalue weighted by atomic mass is 10.2. The van der Waals surface area contributed by atoms with Crippen molar-refractivity contribution in [2.45, 2.75) is 32.6 Å². The Labute approximate surface area is 94.5 Å². The van der Waals surface area contributed by atoms with Crippen LogP contribution in [-0.4, -0.2) is 44.4 Å². The van der Waals surface area contributed by atoms with E-state index >= 15 is 0 Å². The Morgan fingerprint density at radius 3 is 2.53 bits per heavy atom. The van der Waals surface area contributed by atoms with Crippen molar-refractivity contribution in [3.63, 3.8) is 0 Å². The molecule has 1 fully saturated rings. The molecular weight excluding hydrogens is 186 g/mol. The molecule has 88 valence electrons. The second-order valence-corrected chi connectivity index (χ2v) is 4.83. The van der Waals surface area contributed by atoms with Gasteiger partial charge >= 0.3 is 0 Å². The molecule has 0 saturated carbocycles. The fraction of sp³-hybridized carbons (Fsp3) is 0.846. The van der Waals surface area contributed by atoms with Gasteiger partial charge in [0.25, 0.3) is 0 Å². The number of rotatable bonds is 6. The smallest absolute Gasteiger partial charge is 0.102 e. The predicted molar refractivity (Wildman–Crippen MR) is 64.9 cm³/mol. The van der Waals surface area contributed by atoms with Gasteiger partial charge in [0.2, 0.25) is 0 Å². The lowest BCUT2D eigenvalue weighted by Gasteiger charge is -2.36. The molecule has 1 rings (SSSR count). The minimum Gasteiger partial charge on any atom is -0.370 e. The molecule has 0 aliphatic carbocycles. The van der Waals surface area contributed by atoms with Crippen LogP contribution in [-0.2, 0) is 4.74 Å². The number of hydrogen-bond donors (Lipinski definition) is 0. The van der Waals surface area contributed by atoms with Crippen LogP contribution in [0, 0.1) is 0 Å². The van der Waals surface area contributed by atoms with Crippen molar-refractivity contribution in [2.75, 3.05) is 39.9 Å². The lowest BCUT2D eigenvalue weighted by Crippen LogP contribution is -2.51. The summed E-state index contributed by atoms with van der Waals surface area (Å²) in [6, 6.07) is 0. The van der Waals surface area contributed by atoms with Crippen LogP contribution in [0.1, 0.15) is 32.6 Å². The molecule has 0 N–H and O–H groups in total. The number of nitrogens with zero attached hydrogens (tertiary/aromatic N) is 1. The van der Waals surface area contributed by atoms with Gasteiger partial charge < -0.3 is 9.22 Å². The monoisotopic (exact) mass is 212 g/mol. The highest BCUT2D eigenvalue weighted by molar-refractivity contribution is 4.81. The zero-order valence-corrected chi connectivity index (χ0v) is 10.4. The molecule has 0 radical (unpaired) electrons. The first-order chi connectivity index (χ1) is 7.27. The third-order valence-electron chi connectivity index (χ3n) is 3.24. The lowest BCUT2D eigenvalue weighted by molar-refractivity contribution is -0.911. The summed E-state index contributed by atoms with van der Waals surface area (Å²) in [4.78, 5) is 0. The third-order valence-corrected chi connectivity index (χ3v) is 3.24. The Kier molecular flexibility index (Phi) is 5.96. The number of hydrogen-bond acceptors (Lipinski definition) is 1. The molecule has 1 heterocycles. The summed E-state index contributed by atoms with van der Waals surface area (Å²) in [5.41, 5.74) is 0. The van der Waals surface area contributed by atoms with Gasteiger partial charge in [-0.2, -0.15) is 0 Å². The van der Waals surface area contributed by atoms with Gasteiger partial charge in [0, 0.05) is 0 Å². The molecule has 0 aromatic rings. The molecule has 0 aromatic carbocycles. The number of allylic oxidation sites excluding steroid dienone is 1. The van der Waals surface area contributed by atoms with Crippen LogP contribution in [0.25, 0.3) is 0 Å². The van der Waals surface area contributed by atoms with E-state index in [0.29, 0.717) is 0 Å². The van der Waals surface area contributed by atoms with E-state index in [4.69, 9.17) is 4.74 Å². The van der Waals surface area contributed by atoms with Crippen molar-refractivity contribution in [3.8, 4) is 0 Å². The maximum absolute atomic E-state index is 5.38. The largest absolute Gasteiger partial charge is 0.370 e. The summed E-state index contributed by atoms with van der Waals surface area (Å²) >= 11 is 0. The van der Waals surface area contributed by atoms with Gasteiger partial charge in [-0.25, -0.2) is 0 Å². The Bertz CT molecular complexity index is 183. The maximum atomic E-state index is 5.38. The highest BCUT2D eigenvalue weighted by Gasteiger charge is 2.23. The normalized spacial score (nSPS) is 20.9. The summed E-state index contributed by atoms with van der Waals surface area (Å²) < 4.78 is 6.54. The number of likely N-dealkylation sites (N-methyl/N-ethyl adjacent to an activating group) is 1. The molecule has 0 bridgehead atoms. The molecule has 1 saturated heterocycles. The van der Waals surface area contributed by atoms with Crippen LogP contribution < -0.4 is 0 Å². The maximum Gasteiger partial charge on any atom is 0.102 e. The van der Waals surface area contributed by atoms with E-state index in [2.05, 4.69) is 26.1 Å².